The average Bonchev–Trinajstić information content (AvgIpc) is 2.82. The minimum absolute atomic E-state index is 0.219. The Kier molecular flexibility index (Phi) is 8.21. The van der Waals surface area contributed by atoms with Gasteiger partial charge in [0, 0.05) is 11.5 Å². The lowest BCUT2D eigenvalue weighted by molar-refractivity contribution is 0.103. The van der Waals surface area contributed by atoms with Crippen LogP contribution in [0.4, 0.5) is 5.69 Å². The summed E-state index contributed by atoms with van der Waals surface area (Å²) in [5.41, 5.74) is 11.8. The van der Waals surface area contributed by atoms with Crippen molar-refractivity contribution < 1.29 is 23.7 Å². The lowest BCUT2D eigenvalue weighted by atomic mass is 9.83. The van der Waals surface area contributed by atoms with E-state index in [2.05, 4.69) is 10.5 Å². The molecule has 0 aliphatic carbocycles. The summed E-state index contributed by atoms with van der Waals surface area (Å²) in [7, 11) is 6.02. The fraction of sp³-hybridized carbons (Fsp3) is 0.409. The number of methoxy groups -OCH3 is 4. The Balaban J connectivity index is 2.85. The van der Waals surface area contributed by atoms with E-state index < -0.39 is 0 Å². The van der Waals surface area contributed by atoms with Gasteiger partial charge in [-0.05, 0) is 43.2 Å². The zero-order chi connectivity index (χ0) is 23.1. The molecule has 0 radical (unpaired) electrons. The van der Waals surface area contributed by atoms with Crippen LogP contribution in [0.2, 0.25) is 0 Å². The molecule has 4 N–H and O–H groups in total. The highest BCUT2D eigenvalue weighted by Gasteiger charge is 2.30. The van der Waals surface area contributed by atoms with Crippen LogP contribution in [0.5, 0.6) is 23.0 Å². The molecule has 9 heteroatoms. The molecule has 168 valence electrons. The molecule has 31 heavy (non-hydrogen) atoms. The van der Waals surface area contributed by atoms with Crippen LogP contribution in [0.15, 0.2) is 29.4 Å². The number of benzene rings is 2. The van der Waals surface area contributed by atoms with Gasteiger partial charge in [0.25, 0.3) is 0 Å². The largest absolute Gasteiger partial charge is 0.493 e. The molecule has 2 aromatic carbocycles. The van der Waals surface area contributed by atoms with Gasteiger partial charge in [-0.25, -0.2) is 5.53 Å². The summed E-state index contributed by atoms with van der Waals surface area (Å²) in [4.78, 5) is 13.7. The molecule has 9 nitrogen and oxygen atoms in total. The number of nitrogens with two attached hydrogens (primary N) is 1. The van der Waals surface area contributed by atoms with Crippen molar-refractivity contribution in [2.45, 2.75) is 32.2 Å². The third-order valence-corrected chi connectivity index (χ3v) is 5.34. The van der Waals surface area contributed by atoms with Crippen molar-refractivity contribution in [1.29, 1.82) is 5.53 Å². The molecule has 0 aromatic heterocycles. The standard InChI is InChI=1S/C22H30N4O5/c1-7-14(12(2)25-23)15-11-18(30-5)22(31-6)20(26-24)19(15)21(27)13-8-9-16(28-3)17(10-13)29-4/h8-12,14,23,26H,7,24H2,1-6H3. The maximum absolute atomic E-state index is 13.7. The highest BCUT2D eigenvalue weighted by molar-refractivity contribution is 6.14. The number of ether oxygens (including phenoxy) is 4. The summed E-state index contributed by atoms with van der Waals surface area (Å²) in [6.45, 7) is 3.81. The Morgan fingerprint density at radius 2 is 1.71 bits per heavy atom. The maximum atomic E-state index is 13.7. The summed E-state index contributed by atoms with van der Waals surface area (Å²) in [5, 5.41) is 3.69. The normalized spacial score (nSPS) is 12.5. The summed E-state index contributed by atoms with van der Waals surface area (Å²) in [6.07, 6.45) is 0.648. The average molecular weight is 431 g/mol. The van der Waals surface area contributed by atoms with Crippen molar-refractivity contribution in [3.8, 4) is 23.0 Å². The van der Waals surface area contributed by atoms with Crippen molar-refractivity contribution >= 4 is 11.5 Å². The number of nitrogen functional groups attached to an aromatic ring is 1. The van der Waals surface area contributed by atoms with Gasteiger partial charge in [0.05, 0.1) is 40.0 Å². The van der Waals surface area contributed by atoms with Gasteiger partial charge < -0.3 is 24.4 Å². The Bertz CT molecular complexity index is 948. The number of hydrogen-bond donors (Lipinski definition) is 3. The SMILES string of the molecule is CCC(c1cc(OC)c(OC)c(NN)c1C(=O)c1ccc(OC)c(OC)c1)C(C)N=N. The van der Waals surface area contributed by atoms with E-state index in [0.717, 1.165) is 0 Å². The van der Waals surface area contributed by atoms with Crippen LogP contribution in [-0.2, 0) is 0 Å². The lowest BCUT2D eigenvalue weighted by Crippen LogP contribution is -2.21. The van der Waals surface area contributed by atoms with Crippen molar-refractivity contribution in [3.05, 3.63) is 41.0 Å². The molecular weight excluding hydrogens is 400 g/mol. The number of carbonyl (C=O) groups is 1. The van der Waals surface area contributed by atoms with E-state index in [4.69, 9.17) is 30.3 Å². The molecule has 0 aliphatic rings. The Labute approximate surface area is 182 Å². The molecule has 2 atom stereocenters. The van der Waals surface area contributed by atoms with Crippen molar-refractivity contribution in [2.24, 2.45) is 11.0 Å². The van der Waals surface area contributed by atoms with E-state index >= 15 is 0 Å². The van der Waals surface area contributed by atoms with Crippen molar-refractivity contribution in [3.63, 3.8) is 0 Å². The zero-order valence-electron chi connectivity index (χ0n) is 18.7. The molecule has 0 saturated heterocycles. The summed E-state index contributed by atoms with van der Waals surface area (Å²) in [5.74, 6) is 7.00. The molecule has 0 heterocycles. The Morgan fingerprint density at radius 3 is 2.19 bits per heavy atom. The third kappa shape index (κ3) is 4.56. The number of anilines is 1. The number of rotatable bonds is 11. The monoisotopic (exact) mass is 430 g/mol. The molecule has 2 rings (SSSR count). The van der Waals surface area contributed by atoms with Gasteiger partial charge in [0.2, 0.25) is 0 Å². The predicted molar refractivity (Wildman–Crippen MR) is 118 cm³/mol. The number of hydrazine groups is 1. The molecule has 2 unspecified atom stereocenters. The summed E-state index contributed by atoms with van der Waals surface area (Å²) < 4.78 is 21.6. The highest BCUT2D eigenvalue weighted by atomic mass is 16.5. The van der Waals surface area contributed by atoms with Gasteiger partial charge in [-0.1, -0.05) is 6.92 Å². The van der Waals surface area contributed by atoms with Crippen molar-refractivity contribution in [1.82, 2.24) is 0 Å². The highest BCUT2D eigenvalue weighted by Crippen LogP contribution is 2.45. The first-order chi connectivity index (χ1) is 14.9. The van der Waals surface area contributed by atoms with Crippen LogP contribution in [0.3, 0.4) is 0 Å². The molecule has 0 spiro atoms. The number of nitrogens with one attached hydrogen (secondary N) is 2. The van der Waals surface area contributed by atoms with Gasteiger partial charge in [-0.3, -0.25) is 10.6 Å². The van der Waals surface area contributed by atoms with Crippen LogP contribution in [0, 0.1) is 5.53 Å². The zero-order valence-corrected chi connectivity index (χ0v) is 18.7. The van der Waals surface area contributed by atoms with Gasteiger partial charge in [-0.2, -0.15) is 5.11 Å². The van der Waals surface area contributed by atoms with E-state index in [1.807, 2.05) is 13.8 Å². The predicted octanol–water partition coefficient (Wildman–Crippen LogP) is 4.15. The Hall–Kier alpha value is -3.33. The third-order valence-electron chi connectivity index (χ3n) is 5.34. The van der Waals surface area contributed by atoms with Crippen molar-refractivity contribution in [2.75, 3.05) is 33.9 Å². The molecule has 0 bridgehead atoms. The van der Waals surface area contributed by atoms with Gasteiger partial charge in [0.15, 0.2) is 28.8 Å². The van der Waals surface area contributed by atoms with Gasteiger partial charge >= 0.3 is 0 Å². The first-order valence-electron chi connectivity index (χ1n) is 9.80. The second kappa shape index (κ2) is 10.6. The van der Waals surface area contributed by atoms with Crippen LogP contribution < -0.4 is 30.2 Å². The first kappa shape index (κ1) is 23.9. The number of ketones is 1. The number of carbonyl (C=O) groups excluding carboxylic acids is 1. The summed E-state index contributed by atoms with van der Waals surface area (Å²) in [6, 6.07) is 6.33. The van der Waals surface area contributed by atoms with Crippen LogP contribution >= 0.6 is 0 Å². The number of nitrogens with zero attached hydrogens (tertiary/aromatic N) is 1. The molecule has 2 aromatic rings. The fourth-order valence-corrected chi connectivity index (χ4v) is 3.72. The molecule has 0 amide bonds. The van der Waals surface area contributed by atoms with E-state index in [1.165, 1.54) is 28.4 Å². The summed E-state index contributed by atoms with van der Waals surface area (Å²) >= 11 is 0. The second-order valence-corrected chi connectivity index (χ2v) is 6.88. The molecule has 0 aliphatic heterocycles. The van der Waals surface area contributed by atoms with E-state index in [1.54, 1.807) is 24.3 Å². The Morgan fingerprint density at radius 1 is 1.06 bits per heavy atom. The molecule has 0 fully saturated rings. The smallest absolute Gasteiger partial charge is 0.195 e. The van der Waals surface area contributed by atoms with Gasteiger partial charge in [-0.15, -0.1) is 0 Å². The molecule has 0 saturated carbocycles. The quantitative estimate of drug-likeness (QED) is 0.211. The van der Waals surface area contributed by atoms with Crippen LogP contribution in [-0.4, -0.2) is 40.3 Å². The number of hydrogen-bond acceptors (Lipinski definition) is 9. The fourth-order valence-electron chi connectivity index (χ4n) is 3.72. The van der Waals surface area contributed by atoms with Crippen LogP contribution in [0.1, 0.15) is 47.7 Å². The minimum Gasteiger partial charge on any atom is -0.493 e. The van der Waals surface area contributed by atoms with Crippen LogP contribution in [0.25, 0.3) is 0 Å². The van der Waals surface area contributed by atoms with Gasteiger partial charge in [0.1, 0.15) is 5.69 Å². The lowest BCUT2D eigenvalue weighted by Gasteiger charge is -2.26. The van der Waals surface area contributed by atoms with E-state index in [9.17, 15) is 4.79 Å². The first-order valence-corrected chi connectivity index (χ1v) is 9.80. The minimum atomic E-state index is -0.356. The second-order valence-electron chi connectivity index (χ2n) is 6.88. The topological polar surface area (TPSA) is 128 Å². The van der Waals surface area contributed by atoms with E-state index in [-0.39, 0.29) is 17.7 Å². The van der Waals surface area contributed by atoms with E-state index in [0.29, 0.717) is 51.8 Å². The molecular formula is C22H30N4O5. The maximum Gasteiger partial charge on any atom is 0.195 e.